The van der Waals surface area contributed by atoms with E-state index in [4.69, 9.17) is 9.47 Å². The molecule has 0 aliphatic carbocycles. The van der Waals surface area contributed by atoms with Gasteiger partial charge in [-0.15, -0.1) is 0 Å². The summed E-state index contributed by atoms with van der Waals surface area (Å²) in [5.41, 5.74) is 1.29. The van der Waals surface area contributed by atoms with Crippen molar-refractivity contribution in [2.75, 3.05) is 14.2 Å². The number of ether oxygens (including phenoxy) is 2. The monoisotopic (exact) mass is 458 g/mol. The van der Waals surface area contributed by atoms with Crippen molar-refractivity contribution in [1.29, 1.82) is 0 Å². The third kappa shape index (κ3) is 4.61. The topological polar surface area (TPSA) is 102 Å². The molecule has 8 heteroatoms. The van der Waals surface area contributed by atoms with Gasteiger partial charge in [0.1, 0.15) is 11.5 Å². The maximum absolute atomic E-state index is 12.7. The zero-order chi connectivity index (χ0) is 24.2. The van der Waals surface area contributed by atoms with E-state index in [0.717, 1.165) is 21.5 Å². The van der Waals surface area contributed by atoms with Gasteiger partial charge in [0.05, 0.1) is 37.7 Å². The summed E-state index contributed by atoms with van der Waals surface area (Å²) in [7, 11) is 3.18. The summed E-state index contributed by atoms with van der Waals surface area (Å²) < 4.78 is 10.6. The first-order chi connectivity index (χ1) is 16.4. The molecule has 0 saturated carbocycles. The SMILES string of the molecule is COc1ccc2ccnc(C(C)NC(=O)C(=O)NC(C)c3nccc4ccc(OC)cc34)c2c1. The molecule has 0 aliphatic heterocycles. The van der Waals surface area contributed by atoms with E-state index in [-0.39, 0.29) is 0 Å². The van der Waals surface area contributed by atoms with Crippen LogP contribution in [0.4, 0.5) is 0 Å². The quantitative estimate of drug-likeness (QED) is 0.426. The van der Waals surface area contributed by atoms with Gasteiger partial charge >= 0.3 is 11.8 Å². The number of amides is 2. The molecule has 2 aromatic carbocycles. The molecular weight excluding hydrogens is 432 g/mol. The second kappa shape index (κ2) is 9.74. The van der Waals surface area contributed by atoms with Crippen molar-refractivity contribution in [2.45, 2.75) is 25.9 Å². The number of benzene rings is 2. The summed E-state index contributed by atoms with van der Waals surface area (Å²) in [4.78, 5) is 34.3. The summed E-state index contributed by atoms with van der Waals surface area (Å²) in [5.74, 6) is -0.130. The van der Waals surface area contributed by atoms with Crippen LogP contribution in [0.1, 0.15) is 37.3 Å². The molecule has 174 valence electrons. The number of pyridine rings is 2. The van der Waals surface area contributed by atoms with Crippen LogP contribution < -0.4 is 20.1 Å². The Morgan fingerprint density at radius 1 is 0.706 bits per heavy atom. The van der Waals surface area contributed by atoms with Crippen molar-refractivity contribution in [3.8, 4) is 11.5 Å². The number of methoxy groups -OCH3 is 2. The highest BCUT2D eigenvalue weighted by atomic mass is 16.5. The van der Waals surface area contributed by atoms with Gasteiger partial charge in [-0.3, -0.25) is 19.6 Å². The van der Waals surface area contributed by atoms with Gasteiger partial charge in [-0.2, -0.15) is 0 Å². The van der Waals surface area contributed by atoms with Gasteiger partial charge in [0, 0.05) is 23.2 Å². The zero-order valence-corrected chi connectivity index (χ0v) is 19.5. The highest BCUT2D eigenvalue weighted by Gasteiger charge is 2.22. The van der Waals surface area contributed by atoms with Crippen molar-refractivity contribution in [2.24, 2.45) is 0 Å². The van der Waals surface area contributed by atoms with Crippen LogP contribution in [0.15, 0.2) is 60.9 Å². The van der Waals surface area contributed by atoms with Crippen LogP contribution in [0.3, 0.4) is 0 Å². The molecule has 2 N–H and O–H groups in total. The molecule has 0 bridgehead atoms. The van der Waals surface area contributed by atoms with Crippen molar-refractivity contribution >= 4 is 33.4 Å². The van der Waals surface area contributed by atoms with Gasteiger partial charge in [0.15, 0.2) is 0 Å². The molecule has 2 aromatic heterocycles. The number of aromatic nitrogens is 2. The Hall–Kier alpha value is -4.20. The summed E-state index contributed by atoms with van der Waals surface area (Å²) in [6.45, 7) is 3.57. The first kappa shape index (κ1) is 23.0. The van der Waals surface area contributed by atoms with Gasteiger partial charge in [-0.1, -0.05) is 12.1 Å². The second-order valence-electron chi connectivity index (χ2n) is 7.96. The maximum atomic E-state index is 12.7. The zero-order valence-electron chi connectivity index (χ0n) is 19.5. The smallest absolute Gasteiger partial charge is 0.309 e. The number of fused-ring (bicyclic) bond motifs is 2. The van der Waals surface area contributed by atoms with E-state index in [2.05, 4.69) is 20.6 Å². The Balaban J connectivity index is 1.50. The summed E-state index contributed by atoms with van der Waals surface area (Å²) in [6.07, 6.45) is 3.35. The average molecular weight is 459 g/mol. The number of carbonyl (C=O) groups excluding carboxylic acids is 2. The van der Waals surface area contributed by atoms with Crippen LogP contribution in [0.2, 0.25) is 0 Å². The lowest BCUT2D eigenvalue weighted by molar-refractivity contribution is -0.140. The Morgan fingerprint density at radius 2 is 1.12 bits per heavy atom. The average Bonchev–Trinajstić information content (AvgIpc) is 2.86. The van der Waals surface area contributed by atoms with Crippen LogP contribution in [0, 0.1) is 0 Å². The van der Waals surface area contributed by atoms with Gasteiger partial charge < -0.3 is 20.1 Å². The molecule has 0 aliphatic rings. The van der Waals surface area contributed by atoms with Crippen LogP contribution in [-0.2, 0) is 9.59 Å². The molecule has 0 radical (unpaired) electrons. The largest absolute Gasteiger partial charge is 0.497 e. The number of rotatable bonds is 6. The Labute approximate surface area is 197 Å². The van der Waals surface area contributed by atoms with Crippen LogP contribution in [0.25, 0.3) is 21.5 Å². The van der Waals surface area contributed by atoms with E-state index in [9.17, 15) is 9.59 Å². The Kier molecular flexibility index (Phi) is 6.58. The summed E-state index contributed by atoms with van der Waals surface area (Å²) >= 11 is 0. The van der Waals surface area contributed by atoms with E-state index in [1.807, 2.05) is 48.5 Å². The second-order valence-corrected chi connectivity index (χ2v) is 7.96. The fraction of sp³-hybridized carbons (Fsp3) is 0.231. The summed E-state index contributed by atoms with van der Waals surface area (Å²) in [5, 5.41) is 9.10. The first-order valence-corrected chi connectivity index (χ1v) is 10.9. The number of hydrogen-bond donors (Lipinski definition) is 2. The van der Waals surface area contributed by atoms with Crippen LogP contribution in [-0.4, -0.2) is 36.0 Å². The summed E-state index contributed by atoms with van der Waals surface area (Å²) in [6, 6.07) is 14.1. The molecule has 8 nitrogen and oxygen atoms in total. The predicted octanol–water partition coefficient (Wildman–Crippen LogP) is 3.85. The molecule has 2 unspecified atom stereocenters. The van der Waals surface area contributed by atoms with Crippen LogP contribution in [0.5, 0.6) is 11.5 Å². The van der Waals surface area contributed by atoms with E-state index < -0.39 is 23.9 Å². The fourth-order valence-electron chi connectivity index (χ4n) is 3.95. The lowest BCUT2D eigenvalue weighted by Gasteiger charge is -2.18. The molecular formula is C26H26N4O4. The predicted molar refractivity (Wildman–Crippen MR) is 130 cm³/mol. The molecule has 0 spiro atoms. The van der Waals surface area contributed by atoms with Crippen molar-refractivity contribution in [1.82, 2.24) is 20.6 Å². The van der Waals surface area contributed by atoms with Gasteiger partial charge in [-0.05, 0) is 61.0 Å². The van der Waals surface area contributed by atoms with E-state index in [1.54, 1.807) is 40.5 Å². The van der Waals surface area contributed by atoms with E-state index in [1.165, 1.54) is 0 Å². The lowest BCUT2D eigenvalue weighted by atomic mass is 10.0. The molecule has 0 saturated heterocycles. The number of carbonyl (C=O) groups is 2. The number of nitrogens with zero attached hydrogens (tertiary/aromatic N) is 2. The van der Waals surface area contributed by atoms with E-state index >= 15 is 0 Å². The molecule has 2 heterocycles. The lowest BCUT2D eigenvalue weighted by Crippen LogP contribution is -2.42. The minimum atomic E-state index is -0.751. The molecule has 0 fully saturated rings. The van der Waals surface area contributed by atoms with Crippen molar-refractivity contribution in [3.05, 3.63) is 72.3 Å². The third-order valence-electron chi connectivity index (χ3n) is 5.73. The highest BCUT2D eigenvalue weighted by Crippen LogP contribution is 2.27. The fourth-order valence-corrected chi connectivity index (χ4v) is 3.95. The van der Waals surface area contributed by atoms with Crippen molar-refractivity contribution in [3.63, 3.8) is 0 Å². The Morgan fingerprint density at radius 3 is 1.50 bits per heavy atom. The molecule has 34 heavy (non-hydrogen) atoms. The third-order valence-corrected chi connectivity index (χ3v) is 5.73. The highest BCUT2D eigenvalue weighted by molar-refractivity contribution is 6.35. The number of hydrogen-bond acceptors (Lipinski definition) is 6. The van der Waals surface area contributed by atoms with E-state index in [0.29, 0.717) is 22.9 Å². The van der Waals surface area contributed by atoms with Crippen LogP contribution >= 0.6 is 0 Å². The van der Waals surface area contributed by atoms with Gasteiger partial charge in [-0.25, -0.2) is 0 Å². The molecule has 2 atom stereocenters. The minimum absolute atomic E-state index is 0.496. The molecule has 4 aromatic rings. The standard InChI is InChI=1S/C26H26N4O4/c1-15(23-21-13-19(33-3)7-5-17(21)9-11-27-23)29-25(31)26(32)30-16(2)24-22-14-20(34-4)8-6-18(22)10-12-28-24/h5-16H,1-4H3,(H,29,31)(H,30,32). The van der Waals surface area contributed by atoms with Crippen molar-refractivity contribution < 1.29 is 19.1 Å². The first-order valence-electron chi connectivity index (χ1n) is 10.9. The van der Waals surface area contributed by atoms with Gasteiger partial charge in [0.2, 0.25) is 0 Å². The Bertz CT molecular complexity index is 1270. The normalized spacial score (nSPS) is 12.7. The minimum Gasteiger partial charge on any atom is -0.497 e. The maximum Gasteiger partial charge on any atom is 0.309 e. The number of nitrogens with one attached hydrogen (secondary N) is 2. The molecule has 4 rings (SSSR count). The molecule has 2 amide bonds. The van der Waals surface area contributed by atoms with Gasteiger partial charge in [0.25, 0.3) is 0 Å².